The molecule has 4 nitrogen and oxygen atoms in total. The van der Waals surface area contributed by atoms with Crippen molar-refractivity contribution in [3.63, 3.8) is 0 Å². The molecule has 0 bridgehead atoms. The fourth-order valence-electron chi connectivity index (χ4n) is 2.25. The van der Waals surface area contributed by atoms with E-state index in [-0.39, 0.29) is 12.5 Å². The summed E-state index contributed by atoms with van der Waals surface area (Å²) in [4.78, 5) is 13.3. The van der Waals surface area contributed by atoms with Crippen molar-refractivity contribution in [3.8, 4) is 0 Å². The van der Waals surface area contributed by atoms with E-state index in [4.69, 9.17) is 5.11 Å². The molecule has 110 valence electrons. The Balaban J connectivity index is 2.08. The lowest BCUT2D eigenvalue weighted by Crippen LogP contribution is -2.43. The van der Waals surface area contributed by atoms with Crippen LogP contribution < -0.4 is 5.32 Å². The van der Waals surface area contributed by atoms with Crippen molar-refractivity contribution in [2.75, 3.05) is 25.0 Å². The SMILES string of the molecule is O=C(Nc1c(F)cc(F)cc1F)N1CCCC(CO)C1. The van der Waals surface area contributed by atoms with Gasteiger partial charge in [-0.1, -0.05) is 0 Å². The fourth-order valence-corrected chi connectivity index (χ4v) is 2.25. The third-order valence-electron chi connectivity index (χ3n) is 3.30. The number of nitrogens with zero attached hydrogens (tertiary/aromatic N) is 1. The quantitative estimate of drug-likeness (QED) is 0.877. The number of urea groups is 1. The van der Waals surface area contributed by atoms with Crippen LogP contribution in [0.5, 0.6) is 0 Å². The molecule has 1 unspecified atom stereocenters. The molecule has 7 heteroatoms. The zero-order chi connectivity index (χ0) is 14.7. The molecule has 0 spiro atoms. The number of halogens is 3. The van der Waals surface area contributed by atoms with Crippen LogP contribution in [-0.2, 0) is 0 Å². The topological polar surface area (TPSA) is 52.6 Å². The highest BCUT2D eigenvalue weighted by Gasteiger charge is 2.24. The molecule has 0 radical (unpaired) electrons. The van der Waals surface area contributed by atoms with Gasteiger partial charge in [-0.3, -0.25) is 0 Å². The minimum Gasteiger partial charge on any atom is -0.396 e. The summed E-state index contributed by atoms with van der Waals surface area (Å²) in [6, 6.07) is 0.351. The Hall–Kier alpha value is -1.76. The van der Waals surface area contributed by atoms with Crippen LogP contribution in [0.15, 0.2) is 12.1 Å². The van der Waals surface area contributed by atoms with Crippen molar-refractivity contribution in [1.82, 2.24) is 4.90 Å². The van der Waals surface area contributed by atoms with E-state index in [0.717, 1.165) is 6.42 Å². The van der Waals surface area contributed by atoms with E-state index in [0.29, 0.717) is 31.6 Å². The van der Waals surface area contributed by atoms with Crippen LogP contribution in [0.3, 0.4) is 0 Å². The number of piperidine rings is 1. The number of nitrogens with one attached hydrogen (secondary N) is 1. The second-order valence-corrected chi connectivity index (χ2v) is 4.81. The average Bonchev–Trinajstić information content (AvgIpc) is 2.42. The summed E-state index contributed by atoms with van der Waals surface area (Å²) in [6.07, 6.45) is 1.52. The molecule has 1 heterocycles. The molecule has 0 aromatic heterocycles. The number of hydrogen-bond acceptors (Lipinski definition) is 2. The minimum absolute atomic E-state index is 0.0302. The first-order valence-corrected chi connectivity index (χ1v) is 6.32. The first-order chi connectivity index (χ1) is 9.51. The summed E-state index contributed by atoms with van der Waals surface area (Å²) >= 11 is 0. The van der Waals surface area contributed by atoms with Gasteiger partial charge in [0.05, 0.1) is 0 Å². The van der Waals surface area contributed by atoms with Gasteiger partial charge in [-0.25, -0.2) is 18.0 Å². The summed E-state index contributed by atoms with van der Waals surface area (Å²) in [5.41, 5.74) is -0.664. The summed E-state index contributed by atoms with van der Waals surface area (Å²) in [5, 5.41) is 11.2. The third kappa shape index (κ3) is 3.22. The molecule has 1 aliphatic rings. The number of benzene rings is 1. The third-order valence-corrected chi connectivity index (χ3v) is 3.30. The van der Waals surface area contributed by atoms with Crippen LogP contribution in [0.2, 0.25) is 0 Å². The molecule has 2 amide bonds. The smallest absolute Gasteiger partial charge is 0.322 e. The second-order valence-electron chi connectivity index (χ2n) is 4.81. The normalized spacial score (nSPS) is 19.0. The van der Waals surface area contributed by atoms with Gasteiger partial charge in [0.1, 0.15) is 11.5 Å². The molecular formula is C13H15F3N2O2. The second kappa shape index (κ2) is 6.13. The van der Waals surface area contributed by atoms with Crippen LogP contribution in [-0.4, -0.2) is 35.7 Å². The van der Waals surface area contributed by atoms with Crippen molar-refractivity contribution in [1.29, 1.82) is 0 Å². The molecule has 2 rings (SSSR count). The summed E-state index contributed by atoms with van der Waals surface area (Å²) in [5.74, 6) is -3.40. The van der Waals surface area contributed by atoms with Gasteiger partial charge in [0, 0.05) is 31.8 Å². The average molecular weight is 288 g/mol. The van der Waals surface area contributed by atoms with E-state index in [1.807, 2.05) is 0 Å². The van der Waals surface area contributed by atoms with Crippen LogP contribution in [0, 0.1) is 23.4 Å². The molecule has 1 saturated heterocycles. The molecule has 2 N–H and O–H groups in total. The fraction of sp³-hybridized carbons (Fsp3) is 0.462. The number of carbonyl (C=O) groups is 1. The summed E-state index contributed by atoms with van der Waals surface area (Å²) in [7, 11) is 0. The maximum Gasteiger partial charge on any atom is 0.322 e. The molecule has 1 atom stereocenters. The van der Waals surface area contributed by atoms with E-state index in [2.05, 4.69) is 5.32 Å². The van der Waals surface area contributed by atoms with Gasteiger partial charge in [-0.15, -0.1) is 0 Å². The Labute approximate surface area is 114 Å². The zero-order valence-corrected chi connectivity index (χ0v) is 10.7. The van der Waals surface area contributed by atoms with Gasteiger partial charge >= 0.3 is 6.03 Å². The van der Waals surface area contributed by atoms with E-state index in [9.17, 15) is 18.0 Å². The first-order valence-electron chi connectivity index (χ1n) is 6.32. The van der Waals surface area contributed by atoms with Crippen LogP contribution in [0.4, 0.5) is 23.7 Å². The molecular weight excluding hydrogens is 273 g/mol. The number of aliphatic hydroxyl groups is 1. The van der Waals surface area contributed by atoms with Crippen molar-refractivity contribution >= 4 is 11.7 Å². The molecule has 1 aromatic rings. The minimum atomic E-state index is -1.16. The van der Waals surface area contributed by atoms with Gasteiger partial charge in [-0.2, -0.15) is 0 Å². The molecule has 0 saturated carbocycles. The van der Waals surface area contributed by atoms with Crippen LogP contribution in [0.1, 0.15) is 12.8 Å². The summed E-state index contributed by atoms with van der Waals surface area (Å²) in [6.45, 7) is 0.739. The maximum absolute atomic E-state index is 13.4. The van der Waals surface area contributed by atoms with E-state index >= 15 is 0 Å². The lowest BCUT2D eigenvalue weighted by Gasteiger charge is -2.31. The van der Waals surface area contributed by atoms with E-state index < -0.39 is 29.2 Å². The highest BCUT2D eigenvalue weighted by Crippen LogP contribution is 2.22. The molecule has 1 aromatic carbocycles. The monoisotopic (exact) mass is 288 g/mol. The van der Waals surface area contributed by atoms with Gasteiger partial charge in [0.2, 0.25) is 0 Å². The Bertz CT molecular complexity index is 487. The molecule has 0 aliphatic carbocycles. The number of carbonyl (C=O) groups excluding carboxylic acids is 1. The van der Waals surface area contributed by atoms with Crippen LogP contribution >= 0.6 is 0 Å². The number of aliphatic hydroxyl groups excluding tert-OH is 1. The Morgan fingerprint density at radius 2 is 2.00 bits per heavy atom. The number of rotatable bonds is 2. The predicted molar refractivity (Wildman–Crippen MR) is 66.7 cm³/mol. The first kappa shape index (κ1) is 14.6. The van der Waals surface area contributed by atoms with Crippen molar-refractivity contribution in [2.24, 2.45) is 5.92 Å². The number of amides is 2. The highest BCUT2D eigenvalue weighted by atomic mass is 19.1. The largest absolute Gasteiger partial charge is 0.396 e. The van der Waals surface area contributed by atoms with Crippen molar-refractivity contribution in [3.05, 3.63) is 29.6 Å². The summed E-state index contributed by atoms with van der Waals surface area (Å²) < 4.78 is 39.6. The number of hydrogen-bond donors (Lipinski definition) is 2. The van der Waals surface area contributed by atoms with Gasteiger partial charge in [0.15, 0.2) is 11.6 Å². The lowest BCUT2D eigenvalue weighted by atomic mass is 9.99. The van der Waals surface area contributed by atoms with Crippen molar-refractivity contribution in [2.45, 2.75) is 12.8 Å². The highest BCUT2D eigenvalue weighted by molar-refractivity contribution is 5.89. The van der Waals surface area contributed by atoms with Crippen molar-refractivity contribution < 1.29 is 23.1 Å². The standard InChI is InChI=1S/C13H15F3N2O2/c14-9-4-10(15)12(11(16)5-9)17-13(20)18-3-1-2-8(6-18)7-19/h4-5,8,19H,1-3,6-7H2,(H,17,20). The van der Waals surface area contributed by atoms with Gasteiger partial charge < -0.3 is 15.3 Å². The van der Waals surface area contributed by atoms with E-state index in [1.54, 1.807) is 0 Å². The Morgan fingerprint density at radius 1 is 1.35 bits per heavy atom. The Kier molecular flexibility index (Phi) is 4.49. The zero-order valence-electron chi connectivity index (χ0n) is 10.7. The van der Waals surface area contributed by atoms with E-state index in [1.165, 1.54) is 4.90 Å². The van der Waals surface area contributed by atoms with Gasteiger partial charge in [-0.05, 0) is 18.8 Å². The number of likely N-dealkylation sites (tertiary alicyclic amines) is 1. The number of anilines is 1. The predicted octanol–water partition coefficient (Wildman–Crippen LogP) is 2.34. The maximum atomic E-state index is 13.4. The molecule has 1 aliphatic heterocycles. The van der Waals surface area contributed by atoms with Crippen LogP contribution in [0.25, 0.3) is 0 Å². The molecule has 1 fully saturated rings. The Morgan fingerprint density at radius 3 is 2.60 bits per heavy atom. The van der Waals surface area contributed by atoms with Gasteiger partial charge in [0.25, 0.3) is 0 Å². The lowest BCUT2D eigenvalue weighted by molar-refractivity contribution is 0.136. The molecule has 20 heavy (non-hydrogen) atoms.